The van der Waals surface area contributed by atoms with Crippen molar-refractivity contribution in [2.24, 2.45) is 0 Å². The summed E-state index contributed by atoms with van der Waals surface area (Å²) < 4.78 is 72.7. The normalized spacial score (nSPS) is 13.8. The highest BCUT2D eigenvalue weighted by molar-refractivity contribution is 9.10. The van der Waals surface area contributed by atoms with Crippen LogP contribution in [0.15, 0.2) is 62.7 Å². The Labute approximate surface area is 194 Å². The molecule has 0 atom stereocenters. The minimum absolute atomic E-state index is 0.214. The van der Waals surface area contributed by atoms with Gasteiger partial charge in [0.15, 0.2) is 0 Å². The van der Waals surface area contributed by atoms with Crippen LogP contribution < -0.4 is 9.62 Å². The average molecular weight is 550 g/mol. The number of amides is 1. The van der Waals surface area contributed by atoms with Crippen LogP contribution in [0, 0.1) is 0 Å². The van der Waals surface area contributed by atoms with Crippen molar-refractivity contribution in [1.29, 1.82) is 0 Å². The summed E-state index contributed by atoms with van der Waals surface area (Å²) in [6.07, 6.45) is -1.60. The zero-order chi connectivity index (χ0) is 23.3. The summed E-state index contributed by atoms with van der Waals surface area (Å²) in [4.78, 5) is 13.9. The summed E-state index contributed by atoms with van der Waals surface area (Å²) in [7, 11) is -4.31. The van der Waals surface area contributed by atoms with Crippen molar-refractivity contribution in [2.45, 2.75) is 17.5 Å². The van der Waals surface area contributed by atoms with E-state index >= 15 is 0 Å². The van der Waals surface area contributed by atoms with Crippen LogP contribution in [-0.4, -0.2) is 20.9 Å². The van der Waals surface area contributed by atoms with Gasteiger partial charge >= 0.3 is 6.18 Å². The van der Waals surface area contributed by atoms with Crippen molar-refractivity contribution >= 4 is 54.8 Å². The first-order valence-corrected chi connectivity index (χ1v) is 11.7. The number of hydrogen-bond donors (Lipinski definition) is 1. The molecular formula is C20H13BrClF3N2O4S. The second-order valence-electron chi connectivity index (χ2n) is 6.93. The maximum absolute atomic E-state index is 13.1. The number of hydrogen-bond acceptors (Lipinski definition) is 4. The Kier molecular flexibility index (Phi) is 5.76. The molecule has 3 aromatic rings. The fourth-order valence-electron chi connectivity index (χ4n) is 3.36. The van der Waals surface area contributed by atoms with Crippen molar-refractivity contribution in [3.05, 3.63) is 75.1 Å². The Balaban J connectivity index is 1.70. The summed E-state index contributed by atoms with van der Waals surface area (Å²) in [5.41, 5.74) is -0.0146. The molecule has 168 valence electrons. The van der Waals surface area contributed by atoms with E-state index in [1.165, 1.54) is 29.6 Å². The smallest absolute Gasteiger partial charge is 0.417 e. The average Bonchev–Trinajstić information content (AvgIpc) is 3.37. The Morgan fingerprint density at radius 1 is 1.19 bits per heavy atom. The molecule has 2 aromatic carbocycles. The largest absolute Gasteiger partial charge is 0.472 e. The van der Waals surface area contributed by atoms with Gasteiger partial charge in [-0.25, -0.2) is 8.42 Å². The van der Waals surface area contributed by atoms with Gasteiger partial charge in [-0.2, -0.15) is 13.2 Å². The number of anilines is 2. The van der Waals surface area contributed by atoms with Crippen molar-refractivity contribution in [1.82, 2.24) is 0 Å². The van der Waals surface area contributed by atoms with Crippen LogP contribution in [0.25, 0.3) is 0 Å². The number of carbonyl (C=O) groups excluding carboxylic acids is 1. The van der Waals surface area contributed by atoms with Gasteiger partial charge in [0.25, 0.3) is 15.9 Å². The predicted molar refractivity (Wildman–Crippen MR) is 115 cm³/mol. The number of carbonyl (C=O) groups is 1. The number of alkyl halides is 3. The molecule has 2 heterocycles. The molecule has 0 bridgehead atoms. The van der Waals surface area contributed by atoms with Crippen LogP contribution in [0.4, 0.5) is 24.5 Å². The molecule has 0 unspecified atom stereocenters. The fourth-order valence-corrected chi connectivity index (χ4v) is 5.75. The molecule has 1 amide bonds. The van der Waals surface area contributed by atoms with Crippen molar-refractivity contribution in [3.63, 3.8) is 0 Å². The quantitative estimate of drug-likeness (QED) is 0.452. The van der Waals surface area contributed by atoms with Crippen molar-refractivity contribution in [2.75, 3.05) is 16.2 Å². The molecule has 4 rings (SSSR count). The molecule has 0 saturated heterocycles. The second kappa shape index (κ2) is 8.13. The number of fused-ring (bicyclic) bond motifs is 1. The lowest BCUT2D eigenvalue weighted by Crippen LogP contribution is -2.28. The monoisotopic (exact) mass is 548 g/mol. The first kappa shape index (κ1) is 22.7. The maximum atomic E-state index is 13.1. The first-order valence-electron chi connectivity index (χ1n) is 9.03. The molecule has 0 aliphatic carbocycles. The van der Waals surface area contributed by atoms with Gasteiger partial charge in [0.2, 0.25) is 0 Å². The Hall–Kier alpha value is -2.50. The van der Waals surface area contributed by atoms with E-state index in [9.17, 15) is 26.4 Å². The fraction of sp³-hybridized carbons (Fsp3) is 0.150. The van der Waals surface area contributed by atoms with Gasteiger partial charge in [0.1, 0.15) is 11.2 Å². The van der Waals surface area contributed by atoms with Crippen LogP contribution in [0.5, 0.6) is 0 Å². The van der Waals surface area contributed by atoms with E-state index in [-0.39, 0.29) is 21.0 Å². The highest BCUT2D eigenvalue weighted by atomic mass is 79.9. The van der Waals surface area contributed by atoms with Crippen molar-refractivity contribution in [3.8, 4) is 0 Å². The Bertz CT molecular complexity index is 1310. The first-order chi connectivity index (χ1) is 15.0. The highest BCUT2D eigenvalue weighted by Gasteiger charge is 2.34. The number of furan rings is 1. The van der Waals surface area contributed by atoms with Crippen LogP contribution in [0.1, 0.15) is 21.5 Å². The summed E-state index contributed by atoms with van der Waals surface area (Å²) >= 11 is 8.81. The van der Waals surface area contributed by atoms with E-state index in [0.29, 0.717) is 30.3 Å². The molecule has 1 aromatic heterocycles. The molecule has 6 nitrogen and oxygen atoms in total. The number of nitrogens with zero attached hydrogens (tertiary/aromatic N) is 1. The van der Waals surface area contributed by atoms with Crippen LogP contribution in [0.2, 0.25) is 5.02 Å². The minimum Gasteiger partial charge on any atom is -0.472 e. The molecule has 1 aliphatic rings. The SMILES string of the molecule is O=C(c1ccoc1)N1CCc2cc(Br)c(S(=O)(=O)Nc3ccc(Cl)c(C(F)(F)F)c3)cc21. The van der Waals surface area contributed by atoms with E-state index in [1.54, 1.807) is 6.07 Å². The molecule has 0 spiro atoms. The van der Waals surface area contributed by atoms with Gasteiger partial charge in [-0.1, -0.05) is 11.6 Å². The maximum Gasteiger partial charge on any atom is 0.417 e. The summed E-state index contributed by atoms with van der Waals surface area (Å²) in [5, 5.41) is -0.549. The van der Waals surface area contributed by atoms with Crippen LogP contribution >= 0.6 is 27.5 Å². The van der Waals surface area contributed by atoms with Gasteiger partial charge in [-0.3, -0.25) is 9.52 Å². The number of nitrogens with one attached hydrogen (secondary N) is 1. The van der Waals surface area contributed by atoms with E-state index in [0.717, 1.165) is 17.7 Å². The van der Waals surface area contributed by atoms with E-state index in [4.69, 9.17) is 16.0 Å². The van der Waals surface area contributed by atoms with E-state index in [1.807, 2.05) is 0 Å². The molecule has 1 aliphatic heterocycles. The molecule has 12 heteroatoms. The molecule has 32 heavy (non-hydrogen) atoms. The minimum atomic E-state index is -4.75. The lowest BCUT2D eigenvalue weighted by Gasteiger charge is -2.18. The Morgan fingerprint density at radius 2 is 1.94 bits per heavy atom. The summed E-state index contributed by atoms with van der Waals surface area (Å²) in [6.45, 7) is 0.342. The molecular weight excluding hydrogens is 537 g/mol. The molecule has 1 N–H and O–H groups in total. The van der Waals surface area contributed by atoms with Gasteiger partial charge < -0.3 is 9.32 Å². The topological polar surface area (TPSA) is 79.6 Å². The second-order valence-corrected chi connectivity index (χ2v) is 9.84. The molecule has 0 fully saturated rings. The van der Waals surface area contributed by atoms with Crippen LogP contribution in [0.3, 0.4) is 0 Å². The van der Waals surface area contributed by atoms with Crippen molar-refractivity contribution < 1.29 is 30.8 Å². The van der Waals surface area contributed by atoms with E-state index in [2.05, 4.69) is 20.7 Å². The van der Waals surface area contributed by atoms with Gasteiger partial charge in [0, 0.05) is 22.4 Å². The zero-order valence-electron chi connectivity index (χ0n) is 15.9. The summed E-state index contributed by atoms with van der Waals surface area (Å²) in [6, 6.07) is 7.10. The number of benzene rings is 2. The van der Waals surface area contributed by atoms with E-state index < -0.39 is 26.8 Å². The van der Waals surface area contributed by atoms with Gasteiger partial charge in [-0.15, -0.1) is 0 Å². The van der Waals surface area contributed by atoms with Crippen LogP contribution in [-0.2, 0) is 22.6 Å². The molecule has 0 radical (unpaired) electrons. The lowest BCUT2D eigenvalue weighted by atomic mass is 10.2. The Morgan fingerprint density at radius 3 is 2.59 bits per heavy atom. The number of halogens is 5. The lowest BCUT2D eigenvalue weighted by molar-refractivity contribution is -0.137. The van der Waals surface area contributed by atoms with Gasteiger partial charge in [0.05, 0.1) is 22.4 Å². The standard InChI is InChI=1S/C20H13BrClF3N2O4S/c21-15-7-11-3-5-27(19(28)12-4-6-31-10-12)17(11)9-18(15)32(29,30)26-13-1-2-16(22)14(8-13)20(23,24)25/h1-2,4,6-10,26H,3,5H2. The third-order valence-corrected chi connectivity index (χ3v) is 7.52. The number of sulfonamides is 1. The highest BCUT2D eigenvalue weighted by Crippen LogP contribution is 2.39. The summed E-state index contributed by atoms with van der Waals surface area (Å²) in [5.74, 6) is -0.358. The third kappa shape index (κ3) is 4.24. The van der Waals surface area contributed by atoms with Gasteiger partial charge in [-0.05, 0) is 64.3 Å². The third-order valence-electron chi connectivity index (χ3n) is 4.86. The predicted octanol–water partition coefficient (Wildman–Crippen LogP) is 5.72. The zero-order valence-corrected chi connectivity index (χ0v) is 19.1. The number of rotatable bonds is 4. The molecule has 0 saturated carbocycles.